The Labute approximate surface area is 111 Å². The van der Waals surface area contributed by atoms with Crippen molar-refractivity contribution in [3.8, 4) is 0 Å². The van der Waals surface area contributed by atoms with Gasteiger partial charge in [-0.15, -0.1) is 0 Å². The molecule has 1 aliphatic heterocycles. The number of likely N-dealkylation sites (tertiary alicyclic amines) is 1. The van der Waals surface area contributed by atoms with E-state index in [4.69, 9.17) is 10.5 Å². The largest absolute Gasteiger partial charge is 0.469 e. The third-order valence-corrected chi connectivity index (χ3v) is 2.95. The molecular weight excluding hydrogens is 254 g/mol. The summed E-state index contributed by atoms with van der Waals surface area (Å²) >= 11 is 0. The van der Waals surface area contributed by atoms with Gasteiger partial charge in [0.05, 0.1) is 26.7 Å². The predicted molar refractivity (Wildman–Crippen MR) is 65.1 cm³/mol. The summed E-state index contributed by atoms with van der Waals surface area (Å²) in [5.74, 6) is -1.26. The number of nitrogens with zero attached hydrogens (tertiary/aromatic N) is 1. The van der Waals surface area contributed by atoms with Gasteiger partial charge in [0.1, 0.15) is 0 Å². The van der Waals surface area contributed by atoms with Gasteiger partial charge in [-0.05, 0) is 6.42 Å². The summed E-state index contributed by atoms with van der Waals surface area (Å²) in [5.41, 5.74) is 5.14. The van der Waals surface area contributed by atoms with Crippen molar-refractivity contribution >= 4 is 18.0 Å². The predicted octanol–water partition coefficient (Wildman–Crippen LogP) is -1.31. The Hall–Kier alpha value is -1.83. The molecule has 0 aromatic carbocycles. The van der Waals surface area contributed by atoms with E-state index in [2.05, 4.69) is 10.1 Å². The second-order valence-corrected chi connectivity index (χ2v) is 4.45. The number of nitrogens with two attached hydrogens (primary N) is 1. The number of methoxy groups -OCH3 is 2. The first kappa shape index (κ1) is 15.2. The molecule has 0 aromatic heterocycles. The van der Waals surface area contributed by atoms with Crippen LogP contribution >= 0.6 is 0 Å². The lowest BCUT2D eigenvalue weighted by atomic mass is 9.94. The standard InChI is InChI=1S/C11H19N3O5/c1-18-10(16)7-3-8(13-11(17)19-2)5-14(4-7)6-9(12)15/h7-8H,3-6H2,1-2H3,(H2,12,15)(H,13,17). The number of amides is 2. The van der Waals surface area contributed by atoms with Gasteiger partial charge in [-0.1, -0.05) is 0 Å². The molecule has 0 spiro atoms. The zero-order chi connectivity index (χ0) is 14.4. The topological polar surface area (TPSA) is 111 Å². The lowest BCUT2D eigenvalue weighted by molar-refractivity contribution is -0.148. The van der Waals surface area contributed by atoms with Crippen LogP contribution in [0.3, 0.4) is 0 Å². The van der Waals surface area contributed by atoms with E-state index in [1.807, 2.05) is 0 Å². The molecule has 108 valence electrons. The van der Waals surface area contributed by atoms with Crippen molar-refractivity contribution in [2.24, 2.45) is 11.7 Å². The maximum absolute atomic E-state index is 11.6. The highest BCUT2D eigenvalue weighted by atomic mass is 16.5. The van der Waals surface area contributed by atoms with Crippen molar-refractivity contribution in [3.63, 3.8) is 0 Å². The van der Waals surface area contributed by atoms with E-state index in [0.717, 1.165) is 0 Å². The van der Waals surface area contributed by atoms with E-state index in [0.29, 0.717) is 19.5 Å². The van der Waals surface area contributed by atoms with E-state index in [1.54, 1.807) is 4.90 Å². The maximum Gasteiger partial charge on any atom is 0.407 e. The van der Waals surface area contributed by atoms with Gasteiger partial charge in [0.25, 0.3) is 0 Å². The molecule has 19 heavy (non-hydrogen) atoms. The fourth-order valence-corrected chi connectivity index (χ4v) is 2.21. The van der Waals surface area contributed by atoms with Gasteiger partial charge in [0.15, 0.2) is 0 Å². The van der Waals surface area contributed by atoms with Crippen molar-refractivity contribution in [1.82, 2.24) is 10.2 Å². The van der Waals surface area contributed by atoms with Gasteiger partial charge in [0.2, 0.25) is 5.91 Å². The molecule has 0 aliphatic carbocycles. The molecule has 2 amide bonds. The monoisotopic (exact) mass is 273 g/mol. The molecule has 8 nitrogen and oxygen atoms in total. The number of rotatable bonds is 4. The molecule has 1 heterocycles. The van der Waals surface area contributed by atoms with Crippen LogP contribution in [0.4, 0.5) is 4.79 Å². The zero-order valence-corrected chi connectivity index (χ0v) is 11.0. The first-order valence-electron chi connectivity index (χ1n) is 5.89. The van der Waals surface area contributed by atoms with E-state index >= 15 is 0 Å². The minimum atomic E-state index is -0.574. The fourth-order valence-electron chi connectivity index (χ4n) is 2.21. The molecule has 0 bridgehead atoms. The quantitative estimate of drug-likeness (QED) is 0.615. The third kappa shape index (κ3) is 4.74. The first-order valence-corrected chi connectivity index (χ1v) is 5.89. The number of hydrogen-bond donors (Lipinski definition) is 2. The Morgan fingerprint density at radius 3 is 2.47 bits per heavy atom. The molecule has 2 atom stereocenters. The fraction of sp³-hybridized carbons (Fsp3) is 0.727. The van der Waals surface area contributed by atoms with E-state index in [9.17, 15) is 14.4 Å². The number of primary amides is 1. The second kappa shape index (κ2) is 6.93. The lowest BCUT2D eigenvalue weighted by Gasteiger charge is -2.35. The summed E-state index contributed by atoms with van der Waals surface area (Å²) in [6.07, 6.45) is -0.133. The Bertz CT molecular complexity index is 360. The number of esters is 1. The van der Waals surface area contributed by atoms with Crippen LogP contribution in [0.2, 0.25) is 0 Å². The average molecular weight is 273 g/mol. The first-order chi connectivity index (χ1) is 8.96. The SMILES string of the molecule is COC(=O)NC1CC(C(=O)OC)CN(CC(N)=O)C1. The number of ether oxygens (including phenoxy) is 2. The number of carbonyl (C=O) groups is 3. The Morgan fingerprint density at radius 1 is 1.26 bits per heavy atom. The normalized spacial score (nSPS) is 23.5. The summed E-state index contributed by atoms with van der Waals surface area (Å²) in [5, 5.41) is 2.62. The minimum absolute atomic E-state index is 0.0346. The number of nitrogens with one attached hydrogen (secondary N) is 1. The summed E-state index contributed by atoms with van der Waals surface area (Å²) < 4.78 is 9.21. The molecule has 8 heteroatoms. The Morgan fingerprint density at radius 2 is 1.95 bits per heavy atom. The Balaban J connectivity index is 2.68. The van der Waals surface area contributed by atoms with Crippen LogP contribution in [-0.4, -0.2) is 62.8 Å². The van der Waals surface area contributed by atoms with Gasteiger partial charge >= 0.3 is 12.1 Å². The minimum Gasteiger partial charge on any atom is -0.469 e. The van der Waals surface area contributed by atoms with E-state index in [-0.39, 0.29) is 18.6 Å². The van der Waals surface area contributed by atoms with E-state index in [1.165, 1.54) is 14.2 Å². The number of hydrogen-bond acceptors (Lipinski definition) is 6. The summed E-state index contributed by atoms with van der Waals surface area (Å²) in [7, 11) is 2.56. The van der Waals surface area contributed by atoms with E-state index < -0.39 is 17.9 Å². The van der Waals surface area contributed by atoms with Crippen LogP contribution in [0.5, 0.6) is 0 Å². The molecular formula is C11H19N3O5. The number of alkyl carbamates (subject to hydrolysis) is 1. The highest BCUT2D eigenvalue weighted by molar-refractivity contribution is 5.76. The molecule has 2 unspecified atom stereocenters. The van der Waals surface area contributed by atoms with Crippen LogP contribution in [-0.2, 0) is 19.1 Å². The third-order valence-electron chi connectivity index (χ3n) is 2.95. The van der Waals surface area contributed by atoms with Crippen molar-refractivity contribution in [2.75, 3.05) is 33.9 Å². The average Bonchev–Trinajstić information content (AvgIpc) is 2.36. The van der Waals surface area contributed by atoms with Crippen molar-refractivity contribution in [3.05, 3.63) is 0 Å². The van der Waals surface area contributed by atoms with Crippen molar-refractivity contribution < 1.29 is 23.9 Å². The van der Waals surface area contributed by atoms with Gasteiger partial charge in [-0.25, -0.2) is 4.79 Å². The van der Waals surface area contributed by atoms with Crippen LogP contribution in [0.15, 0.2) is 0 Å². The lowest BCUT2D eigenvalue weighted by Crippen LogP contribution is -2.54. The van der Waals surface area contributed by atoms with Gasteiger partial charge in [0, 0.05) is 19.1 Å². The second-order valence-electron chi connectivity index (χ2n) is 4.45. The molecule has 1 saturated heterocycles. The van der Waals surface area contributed by atoms with Gasteiger partial charge in [-0.3, -0.25) is 14.5 Å². The van der Waals surface area contributed by atoms with Crippen LogP contribution in [0.25, 0.3) is 0 Å². The van der Waals surface area contributed by atoms with Gasteiger partial charge in [-0.2, -0.15) is 0 Å². The van der Waals surface area contributed by atoms with Crippen LogP contribution in [0.1, 0.15) is 6.42 Å². The van der Waals surface area contributed by atoms with Crippen molar-refractivity contribution in [1.29, 1.82) is 0 Å². The maximum atomic E-state index is 11.6. The molecule has 0 aromatic rings. The summed E-state index contributed by atoms with van der Waals surface area (Å²) in [6.45, 7) is 0.855. The zero-order valence-electron chi connectivity index (χ0n) is 11.0. The molecule has 1 fully saturated rings. The molecule has 3 N–H and O–H groups in total. The number of piperidine rings is 1. The highest BCUT2D eigenvalue weighted by Gasteiger charge is 2.33. The molecule has 0 radical (unpaired) electrons. The Kier molecular flexibility index (Phi) is 5.56. The highest BCUT2D eigenvalue weighted by Crippen LogP contribution is 2.18. The van der Waals surface area contributed by atoms with Crippen LogP contribution < -0.4 is 11.1 Å². The molecule has 1 rings (SSSR count). The van der Waals surface area contributed by atoms with Gasteiger partial charge < -0.3 is 20.5 Å². The summed E-state index contributed by atoms with van der Waals surface area (Å²) in [4.78, 5) is 35.5. The van der Waals surface area contributed by atoms with Crippen LogP contribution in [0, 0.1) is 5.92 Å². The van der Waals surface area contributed by atoms with Crippen molar-refractivity contribution in [2.45, 2.75) is 12.5 Å². The number of carbonyl (C=O) groups excluding carboxylic acids is 3. The molecule has 1 aliphatic rings. The molecule has 0 saturated carbocycles. The smallest absolute Gasteiger partial charge is 0.407 e. The summed E-state index contributed by atoms with van der Waals surface area (Å²) in [6, 6.07) is -0.287.